The predicted octanol–water partition coefficient (Wildman–Crippen LogP) is 2.31. The fourth-order valence-electron chi connectivity index (χ4n) is 2.99. The summed E-state index contributed by atoms with van der Waals surface area (Å²) in [5, 5.41) is 8.20. The topological polar surface area (TPSA) is 33.0 Å². The first-order valence-electron chi connectivity index (χ1n) is 4.91. The second-order valence-corrected chi connectivity index (χ2v) is 4.16. The van der Waals surface area contributed by atoms with Crippen LogP contribution < -0.4 is 0 Å². The molecule has 2 saturated carbocycles. The molecule has 66 valence electrons. The number of fused-ring (bicyclic) bond motifs is 2. The van der Waals surface area contributed by atoms with Crippen LogP contribution in [0.4, 0.5) is 0 Å². The molecule has 0 aromatic heterocycles. The summed E-state index contributed by atoms with van der Waals surface area (Å²) in [4.78, 5) is 0. The van der Waals surface area contributed by atoms with Crippen molar-refractivity contribution in [2.45, 2.75) is 32.1 Å². The Labute approximate surface area is 73.5 Å². The van der Waals surface area contributed by atoms with Gasteiger partial charge < -0.3 is 4.74 Å². The van der Waals surface area contributed by atoms with Gasteiger partial charge in [0.15, 0.2) is 0 Å². The van der Waals surface area contributed by atoms with Crippen molar-refractivity contribution in [3.8, 4) is 6.26 Å². The van der Waals surface area contributed by atoms with E-state index in [1.54, 1.807) is 6.26 Å². The number of rotatable bonds is 3. The van der Waals surface area contributed by atoms with Crippen molar-refractivity contribution in [2.24, 2.45) is 17.8 Å². The van der Waals surface area contributed by atoms with Gasteiger partial charge >= 0.3 is 0 Å². The first-order chi connectivity index (χ1) is 5.90. The normalized spacial score (nSPS) is 38.1. The zero-order valence-electron chi connectivity index (χ0n) is 7.33. The molecule has 0 N–H and O–H groups in total. The van der Waals surface area contributed by atoms with Gasteiger partial charge in [0.1, 0.15) is 6.61 Å². The van der Waals surface area contributed by atoms with Crippen molar-refractivity contribution >= 4 is 0 Å². The molecule has 0 heterocycles. The molecule has 2 aliphatic carbocycles. The van der Waals surface area contributed by atoms with Crippen molar-refractivity contribution in [2.75, 3.05) is 6.61 Å². The van der Waals surface area contributed by atoms with Gasteiger partial charge in [0.2, 0.25) is 0 Å². The van der Waals surface area contributed by atoms with E-state index < -0.39 is 0 Å². The monoisotopic (exact) mass is 165 g/mol. The third-order valence-corrected chi connectivity index (χ3v) is 3.54. The van der Waals surface area contributed by atoms with Crippen molar-refractivity contribution in [3.05, 3.63) is 0 Å². The molecule has 12 heavy (non-hydrogen) atoms. The first-order valence-corrected chi connectivity index (χ1v) is 4.91. The van der Waals surface area contributed by atoms with Crippen LogP contribution in [0.15, 0.2) is 0 Å². The molecule has 2 rings (SSSR count). The highest BCUT2D eigenvalue weighted by Crippen LogP contribution is 2.49. The summed E-state index contributed by atoms with van der Waals surface area (Å²) in [6.07, 6.45) is 8.59. The molecule has 0 aromatic carbocycles. The van der Waals surface area contributed by atoms with Crippen LogP contribution in [-0.2, 0) is 4.74 Å². The second kappa shape index (κ2) is 3.35. The molecule has 2 heteroatoms. The zero-order chi connectivity index (χ0) is 8.39. The highest BCUT2D eigenvalue weighted by atomic mass is 16.5. The largest absolute Gasteiger partial charge is 0.428 e. The van der Waals surface area contributed by atoms with E-state index in [1.165, 1.54) is 25.7 Å². The van der Waals surface area contributed by atoms with E-state index in [4.69, 9.17) is 10.00 Å². The van der Waals surface area contributed by atoms with Crippen LogP contribution >= 0.6 is 0 Å². The number of nitrogens with zero attached hydrogens (tertiary/aromatic N) is 1. The molecule has 2 bridgehead atoms. The van der Waals surface area contributed by atoms with Crippen molar-refractivity contribution in [1.82, 2.24) is 0 Å². The lowest BCUT2D eigenvalue weighted by Gasteiger charge is -2.20. The van der Waals surface area contributed by atoms with E-state index in [-0.39, 0.29) is 0 Å². The summed E-state index contributed by atoms with van der Waals surface area (Å²) in [7, 11) is 0. The van der Waals surface area contributed by atoms with E-state index >= 15 is 0 Å². The van der Waals surface area contributed by atoms with E-state index in [0.717, 1.165) is 24.2 Å². The van der Waals surface area contributed by atoms with Gasteiger partial charge in [-0.2, -0.15) is 5.26 Å². The van der Waals surface area contributed by atoms with Gasteiger partial charge in [-0.15, -0.1) is 0 Å². The third-order valence-electron chi connectivity index (χ3n) is 3.54. The van der Waals surface area contributed by atoms with E-state index in [9.17, 15) is 0 Å². The van der Waals surface area contributed by atoms with Gasteiger partial charge in [0, 0.05) is 0 Å². The van der Waals surface area contributed by atoms with Crippen LogP contribution in [0.5, 0.6) is 0 Å². The molecular weight excluding hydrogens is 150 g/mol. The Morgan fingerprint density at radius 1 is 1.33 bits per heavy atom. The van der Waals surface area contributed by atoms with Gasteiger partial charge in [-0.05, 0) is 43.4 Å². The van der Waals surface area contributed by atoms with E-state index in [2.05, 4.69) is 0 Å². The fraction of sp³-hybridized carbons (Fsp3) is 0.900. The Hall–Kier alpha value is -0.710. The molecule has 2 fully saturated rings. The Morgan fingerprint density at radius 3 is 2.83 bits per heavy atom. The average molecular weight is 165 g/mol. The maximum atomic E-state index is 8.20. The smallest absolute Gasteiger partial charge is 0.286 e. The third kappa shape index (κ3) is 1.41. The minimum atomic E-state index is 0.643. The Bertz CT molecular complexity index is 197. The SMILES string of the molecule is N#COCCC1CC2CCC1C2. The fourth-order valence-corrected chi connectivity index (χ4v) is 2.99. The molecular formula is C10H15NO. The molecule has 2 aliphatic rings. The number of nitriles is 1. The van der Waals surface area contributed by atoms with Crippen LogP contribution in [0.3, 0.4) is 0 Å². The first kappa shape index (κ1) is 7.91. The average Bonchev–Trinajstić information content (AvgIpc) is 2.65. The standard InChI is InChI=1S/C10H15NO/c11-7-12-4-3-10-6-8-1-2-9(10)5-8/h8-10H,1-6H2. The maximum Gasteiger partial charge on any atom is 0.286 e. The van der Waals surface area contributed by atoms with Crippen LogP contribution in [0, 0.1) is 29.3 Å². The van der Waals surface area contributed by atoms with Crippen LogP contribution in [0.25, 0.3) is 0 Å². The number of ether oxygens (including phenoxy) is 1. The molecule has 3 unspecified atom stereocenters. The summed E-state index contributed by atoms with van der Waals surface area (Å²) in [6.45, 7) is 0.643. The summed E-state index contributed by atoms with van der Waals surface area (Å²) in [5.41, 5.74) is 0. The molecule has 0 amide bonds. The quantitative estimate of drug-likeness (QED) is 0.475. The van der Waals surface area contributed by atoms with E-state index in [1.807, 2.05) is 0 Å². The molecule has 2 nitrogen and oxygen atoms in total. The van der Waals surface area contributed by atoms with Crippen LogP contribution in [0.1, 0.15) is 32.1 Å². The van der Waals surface area contributed by atoms with Crippen molar-refractivity contribution < 1.29 is 4.74 Å². The van der Waals surface area contributed by atoms with Gasteiger partial charge in [-0.1, -0.05) is 6.42 Å². The Kier molecular flexibility index (Phi) is 2.21. The minimum absolute atomic E-state index is 0.643. The lowest BCUT2D eigenvalue weighted by molar-refractivity contribution is 0.208. The van der Waals surface area contributed by atoms with Gasteiger partial charge in [0.05, 0.1) is 0 Å². The summed E-state index contributed by atoms with van der Waals surface area (Å²) < 4.78 is 4.71. The Morgan fingerprint density at radius 2 is 2.25 bits per heavy atom. The predicted molar refractivity (Wildman–Crippen MR) is 45.1 cm³/mol. The molecule has 0 radical (unpaired) electrons. The molecule has 0 aromatic rings. The number of hydrogen-bond acceptors (Lipinski definition) is 2. The summed E-state index contributed by atoms with van der Waals surface area (Å²) in [6, 6.07) is 0. The van der Waals surface area contributed by atoms with Crippen LogP contribution in [0.2, 0.25) is 0 Å². The zero-order valence-corrected chi connectivity index (χ0v) is 7.33. The minimum Gasteiger partial charge on any atom is -0.428 e. The van der Waals surface area contributed by atoms with Crippen molar-refractivity contribution in [3.63, 3.8) is 0 Å². The maximum absolute atomic E-state index is 8.20. The number of hydrogen-bond donors (Lipinski definition) is 0. The molecule has 3 atom stereocenters. The second-order valence-electron chi connectivity index (χ2n) is 4.16. The van der Waals surface area contributed by atoms with Crippen molar-refractivity contribution in [1.29, 1.82) is 5.26 Å². The van der Waals surface area contributed by atoms with E-state index in [0.29, 0.717) is 6.61 Å². The summed E-state index contributed by atoms with van der Waals surface area (Å²) >= 11 is 0. The highest BCUT2D eigenvalue weighted by molar-refractivity contribution is 4.89. The Balaban J connectivity index is 1.73. The van der Waals surface area contributed by atoms with Gasteiger partial charge in [-0.25, -0.2) is 0 Å². The molecule has 0 saturated heterocycles. The highest BCUT2D eigenvalue weighted by Gasteiger charge is 2.38. The summed E-state index contributed by atoms with van der Waals surface area (Å²) in [5.74, 6) is 2.86. The lowest BCUT2D eigenvalue weighted by atomic mass is 9.87. The van der Waals surface area contributed by atoms with Crippen LogP contribution in [-0.4, -0.2) is 6.61 Å². The molecule has 0 aliphatic heterocycles. The molecule has 0 spiro atoms. The van der Waals surface area contributed by atoms with Gasteiger partial charge in [0.25, 0.3) is 6.26 Å². The van der Waals surface area contributed by atoms with Gasteiger partial charge in [-0.3, -0.25) is 0 Å². The lowest BCUT2D eigenvalue weighted by Crippen LogP contribution is -2.12.